The Hall–Kier alpha value is -2.68. The molecule has 0 aliphatic heterocycles. The average Bonchev–Trinajstić information content (AvgIpc) is 2.92. The maximum absolute atomic E-state index is 6.10. The van der Waals surface area contributed by atoms with Crippen molar-refractivity contribution in [3.63, 3.8) is 0 Å². The fourth-order valence-electron chi connectivity index (χ4n) is 3.25. The van der Waals surface area contributed by atoms with Crippen molar-refractivity contribution in [2.24, 2.45) is 0 Å². The molecular weight excluding hydrogens is 284 g/mol. The van der Waals surface area contributed by atoms with E-state index in [1.54, 1.807) is 0 Å². The monoisotopic (exact) mass is 300 g/mol. The third-order valence-electron chi connectivity index (χ3n) is 4.75. The molecule has 1 fully saturated rings. The molecule has 0 amide bonds. The molecule has 0 atom stereocenters. The highest BCUT2D eigenvalue weighted by Gasteiger charge is 2.25. The molecule has 1 aliphatic rings. The lowest BCUT2D eigenvalue weighted by molar-refractivity contribution is 0.402. The number of rotatable bonds is 2. The number of para-hydroxylation sites is 1. The zero-order valence-corrected chi connectivity index (χ0v) is 12.7. The van der Waals surface area contributed by atoms with Crippen LogP contribution in [0.4, 0.5) is 0 Å². The number of hydrogen-bond donors (Lipinski definition) is 0. The first-order valence-electron chi connectivity index (χ1n) is 8.15. The molecule has 2 heterocycles. The van der Waals surface area contributed by atoms with Crippen LogP contribution in [0.2, 0.25) is 0 Å². The summed E-state index contributed by atoms with van der Waals surface area (Å²) in [4.78, 5) is 9.75. The smallest absolute Gasteiger partial charge is 0.180 e. The van der Waals surface area contributed by atoms with Gasteiger partial charge in [-0.25, -0.2) is 9.97 Å². The lowest BCUT2D eigenvalue weighted by Crippen LogP contribution is -2.13. The van der Waals surface area contributed by atoms with Gasteiger partial charge < -0.3 is 4.42 Å². The molecule has 0 unspecified atom stereocenters. The summed E-state index contributed by atoms with van der Waals surface area (Å²) >= 11 is 0. The van der Waals surface area contributed by atoms with E-state index in [0.717, 1.165) is 39.2 Å². The molecule has 1 aliphatic carbocycles. The zero-order chi connectivity index (χ0) is 15.2. The predicted octanol–water partition coefficient (Wildman–Crippen LogP) is 5.31. The van der Waals surface area contributed by atoms with Crippen LogP contribution in [0.1, 0.15) is 31.0 Å². The Morgan fingerprint density at radius 1 is 0.870 bits per heavy atom. The first-order valence-corrected chi connectivity index (χ1v) is 8.15. The molecule has 0 N–H and O–H groups in total. The molecule has 1 saturated carbocycles. The van der Waals surface area contributed by atoms with Crippen LogP contribution in [0.15, 0.2) is 59.0 Å². The van der Waals surface area contributed by atoms with Crippen LogP contribution in [0.25, 0.3) is 33.3 Å². The number of nitrogens with zero attached hydrogens (tertiary/aromatic N) is 2. The van der Waals surface area contributed by atoms with Crippen molar-refractivity contribution in [2.75, 3.05) is 0 Å². The summed E-state index contributed by atoms with van der Waals surface area (Å²) in [5.41, 5.74) is 4.60. The number of fused-ring (bicyclic) bond motifs is 3. The molecule has 2 aromatic carbocycles. The van der Waals surface area contributed by atoms with Gasteiger partial charge in [-0.05, 0) is 25.0 Å². The van der Waals surface area contributed by atoms with E-state index >= 15 is 0 Å². The van der Waals surface area contributed by atoms with Crippen molar-refractivity contribution < 1.29 is 4.42 Å². The lowest BCUT2D eigenvalue weighted by Gasteiger charge is -2.24. The van der Waals surface area contributed by atoms with Gasteiger partial charge in [0.1, 0.15) is 22.6 Å². The first kappa shape index (κ1) is 12.8. The van der Waals surface area contributed by atoms with Gasteiger partial charge in [-0.3, -0.25) is 0 Å². The second kappa shape index (κ2) is 4.92. The van der Waals surface area contributed by atoms with E-state index in [1.165, 1.54) is 19.3 Å². The van der Waals surface area contributed by atoms with Gasteiger partial charge in [0.2, 0.25) is 0 Å². The normalized spacial score (nSPS) is 15.1. The second-order valence-electron chi connectivity index (χ2n) is 6.20. The van der Waals surface area contributed by atoms with Crippen LogP contribution < -0.4 is 0 Å². The fraction of sp³-hybridized carbons (Fsp3) is 0.200. The minimum Gasteiger partial charge on any atom is -0.452 e. The third-order valence-corrected chi connectivity index (χ3v) is 4.75. The predicted molar refractivity (Wildman–Crippen MR) is 91.3 cm³/mol. The second-order valence-corrected chi connectivity index (χ2v) is 6.20. The lowest BCUT2D eigenvalue weighted by atomic mass is 9.84. The van der Waals surface area contributed by atoms with Gasteiger partial charge in [0.25, 0.3) is 0 Å². The van der Waals surface area contributed by atoms with E-state index in [9.17, 15) is 0 Å². The topological polar surface area (TPSA) is 38.9 Å². The van der Waals surface area contributed by atoms with Crippen molar-refractivity contribution in [3.05, 3.63) is 60.4 Å². The Labute approximate surface area is 134 Å². The molecule has 0 bridgehead atoms. The molecule has 0 saturated heterocycles. The van der Waals surface area contributed by atoms with Crippen LogP contribution in [0, 0.1) is 0 Å². The molecule has 0 radical (unpaired) electrons. The molecule has 3 heteroatoms. The summed E-state index contributed by atoms with van der Waals surface area (Å²) < 4.78 is 6.10. The Balaban J connectivity index is 1.86. The van der Waals surface area contributed by atoms with Crippen LogP contribution in [0.3, 0.4) is 0 Å². The van der Waals surface area contributed by atoms with Crippen LogP contribution in [-0.4, -0.2) is 9.97 Å². The summed E-state index contributed by atoms with van der Waals surface area (Å²) in [6.45, 7) is 0. The van der Waals surface area contributed by atoms with E-state index in [2.05, 4.69) is 18.2 Å². The number of furan rings is 1. The minimum absolute atomic E-state index is 0.496. The fourth-order valence-corrected chi connectivity index (χ4v) is 3.25. The Morgan fingerprint density at radius 2 is 1.65 bits per heavy atom. The minimum atomic E-state index is 0.496. The van der Waals surface area contributed by atoms with Gasteiger partial charge in [0, 0.05) is 16.9 Å². The molecular formula is C20H16N2O. The van der Waals surface area contributed by atoms with Crippen molar-refractivity contribution in [1.82, 2.24) is 9.97 Å². The zero-order valence-electron chi connectivity index (χ0n) is 12.7. The molecule has 23 heavy (non-hydrogen) atoms. The maximum atomic E-state index is 6.10. The van der Waals surface area contributed by atoms with Gasteiger partial charge in [0.05, 0.1) is 0 Å². The molecule has 112 valence electrons. The summed E-state index contributed by atoms with van der Waals surface area (Å²) in [6.07, 6.45) is 3.66. The first-order chi connectivity index (χ1) is 11.4. The number of aromatic nitrogens is 2. The Kier molecular flexibility index (Phi) is 2.74. The van der Waals surface area contributed by atoms with Crippen molar-refractivity contribution >= 4 is 22.1 Å². The number of benzene rings is 2. The average molecular weight is 300 g/mol. The largest absolute Gasteiger partial charge is 0.452 e. The quantitative estimate of drug-likeness (QED) is 0.503. The third kappa shape index (κ3) is 1.96. The van der Waals surface area contributed by atoms with Gasteiger partial charge in [0.15, 0.2) is 5.58 Å². The van der Waals surface area contributed by atoms with Crippen LogP contribution >= 0.6 is 0 Å². The molecule has 4 aromatic rings. The van der Waals surface area contributed by atoms with E-state index in [-0.39, 0.29) is 0 Å². The summed E-state index contributed by atoms with van der Waals surface area (Å²) in [6, 6.07) is 18.4. The Morgan fingerprint density at radius 3 is 2.43 bits per heavy atom. The van der Waals surface area contributed by atoms with Gasteiger partial charge >= 0.3 is 0 Å². The van der Waals surface area contributed by atoms with Gasteiger partial charge in [-0.1, -0.05) is 48.9 Å². The SMILES string of the molecule is c1ccc(-c2nc(C3CCC3)nc3c2oc2ccccc23)cc1. The van der Waals surface area contributed by atoms with Crippen molar-refractivity contribution in [3.8, 4) is 11.3 Å². The van der Waals surface area contributed by atoms with E-state index < -0.39 is 0 Å². The van der Waals surface area contributed by atoms with E-state index in [1.807, 2.05) is 36.4 Å². The van der Waals surface area contributed by atoms with Crippen molar-refractivity contribution in [2.45, 2.75) is 25.2 Å². The summed E-state index contributed by atoms with van der Waals surface area (Å²) in [5, 5.41) is 1.07. The standard InChI is InChI=1S/C20H16N2O/c1-2-7-13(8-3-1)17-19-18(15-11-4-5-12-16(15)23-19)22-20(21-17)14-9-6-10-14/h1-5,7-8,11-12,14H,6,9-10H2. The summed E-state index contributed by atoms with van der Waals surface area (Å²) in [5.74, 6) is 1.46. The summed E-state index contributed by atoms with van der Waals surface area (Å²) in [7, 11) is 0. The maximum Gasteiger partial charge on any atom is 0.180 e. The number of hydrogen-bond acceptors (Lipinski definition) is 3. The molecule has 2 aromatic heterocycles. The van der Waals surface area contributed by atoms with Crippen LogP contribution in [0.5, 0.6) is 0 Å². The van der Waals surface area contributed by atoms with E-state index in [4.69, 9.17) is 14.4 Å². The van der Waals surface area contributed by atoms with Gasteiger partial charge in [-0.2, -0.15) is 0 Å². The Bertz CT molecular complexity index is 1000. The highest BCUT2D eigenvalue weighted by Crippen LogP contribution is 2.39. The van der Waals surface area contributed by atoms with Gasteiger partial charge in [-0.15, -0.1) is 0 Å². The highest BCUT2D eigenvalue weighted by atomic mass is 16.3. The molecule has 3 nitrogen and oxygen atoms in total. The van der Waals surface area contributed by atoms with Crippen molar-refractivity contribution in [1.29, 1.82) is 0 Å². The van der Waals surface area contributed by atoms with E-state index in [0.29, 0.717) is 5.92 Å². The van der Waals surface area contributed by atoms with Crippen LogP contribution in [-0.2, 0) is 0 Å². The highest BCUT2D eigenvalue weighted by molar-refractivity contribution is 6.06. The molecule has 0 spiro atoms. The molecule has 5 rings (SSSR count).